The SMILES string of the molecule is N[C@H]1[C@@H]2CC[C@H]1[C@H](C(=O)O)C2. The van der Waals surface area contributed by atoms with Gasteiger partial charge in [-0.2, -0.15) is 0 Å². The normalized spacial score (nSPS) is 48.1. The lowest BCUT2D eigenvalue weighted by atomic mass is 9.89. The van der Waals surface area contributed by atoms with Crippen molar-refractivity contribution in [3.8, 4) is 0 Å². The van der Waals surface area contributed by atoms with E-state index in [1.54, 1.807) is 0 Å². The summed E-state index contributed by atoms with van der Waals surface area (Å²) in [7, 11) is 0. The first-order valence-electron chi connectivity index (χ1n) is 4.18. The molecule has 2 aliphatic rings. The standard InChI is InChI=1S/C8H13NO2/c9-7-4-1-2-5(7)6(3-4)8(10)11/h4-7H,1-3,9H2,(H,10,11)/t4-,5+,6-,7+/m1/s1. The van der Waals surface area contributed by atoms with Crippen LogP contribution in [0.25, 0.3) is 0 Å². The van der Waals surface area contributed by atoms with Crippen molar-refractivity contribution in [1.29, 1.82) is 0 Å². The van der Waals surface area contributed by atoms with E-state index in [0.717, 1.165) is 19.3 Å². The van der Waals surface area contributed by atoms with Crippen molar-refractivity contribution in [3.05, 3.63) is 0 Å². The van der Waals surface area contributed by atoms with Crippen LogP contribution in [0.5, 0.6) is 0 Å². The Hall–Kier alpha value is -0.570. The maximum atomic E-state index is 10.7. The molecule has 62 valence electrons. The smallest absolute Gasteiger partial charge is 0.306 e. The Bertz CT molecular complexity index is 193. The van der Waals surface area contributed by atoms with Crippen LogP contribution in [0, 0.1) is 17.8 Å². The Morgan fingerprint density at radius 2 is 2.18 bits per heavy atom. The maximum absolute atomic E-state index is 10.7. The van der Waals surface area contributed by atoms with Crippen molar-refractivity contribution in [2.24, 2.45) is 23.5 Å². The second-order valence-corrected chi connectivity index (χ2v) is 3.76. The van der Waals surface area contributed by atoms with Gasteiger partial charge in [0.15, 0.2) is 0 Å². The Labute approximate surface area is 65.6 Å². The Morgan fingerprint density at radius 1 is 1.45 bits per heavy atom. The van der Waals surface area contributed by atoms with Crippen molar-refractivity contribution >= 4 is 5.97 Å². The Kier molecular flexibility index (Phi) is 1.42. The van der Waals surface area contributed by atoms with Crippen LogP contribution in [0.4, 0.5) is 0 Å². The summed E-state index contributed by atoms with van der Waals surface area (Å²) in [6, 6.07) is 0.177. The summed E-state index contributed by atoms with van der Waals surface area (Å²) >= 11 is 0. The fourth-order valence-corrected chi connectivity index (χ4v) is 2.67. The predicted molar refractivity (Wildman–Crippen MR) is 39.9 cm³/mol. The molecule has 2 rings (SSSR count). The van der Waals surface area contributed by atoms with Crippen LogP contribution >= 0.6 is 0 Å². The average Bonchev–Trinajstić information content (AvgIpc) is 2.46. The van der Waals surface area contributed by atoms with Gasteiger partial charge in [0.05, 0.1) is 5.92 Å². The summed E-state index contributed by atoms with van der Waals surface area (Å²) in [5, 5.41) is 8.80. The molecule has 0 radical (unpaired) electrons. The third kappa shape index (κ3) is 0.872. The quantitative estimate of drug-likeness (QED) is 0.577. The molecule has 3 N–H and O–H groups in total. The summed E-state index contributed by atoms with van der Waals surface area (Å²) in [5.41, 5.74) is 5.85. The van der Waals surface area contributed by atoms with Crippen molar-refractivity contribution in [2.75, 3.05) is 0 Å². The van der Waals surface area contributed by atoms with E-state index >= 15 is 0 Å². The van der Waals surface area contributed by atoms with Crippen LogP contribution in [-0.2, 0) is 4.79 Å². The molecule has 0 spiro atoms. The molecule has 0 unspecified atom stereocenters. The molecule has 0 aromatic carbocycles. The van der Waals surface area contributed by atoms with Crippen LogP contribution in [0.2, 0.25) is 0 Å². The highest BCUT2D eigenvalue weighted by atomic mass is 16.4. The van der Waals surface area contributed by atoms with E-state index in [2.05, 4.69) is 0 Å². The lowest BCUT2D eigenvalue weighted by Crippen LogP contribution is -2.28. The molecule has 3 nitrogen and oxygen atoms in total. The van der Waals surface area contributed by atoms with Gasteiger partial charge in [-0.3, -0.25) is 4.79 Å². The van der Waals surface area contributed by atoms with E-state index < -0.39 is 5.97 Å². The van der Waals surface area contributed by atoms with Crippen LogP contribution in [-0.4, -0.2) is 17.1 Å². The number of hydrogen-bond donors (Lipinski definition) is 2. The summed E-state index contributed by atoms with van der Waals surface area (Å²) < 4.78 is 0. The zero-order chi connectivity index (χ0) is 8.01. The van der Waals surface area contributed by atoms with Gasteiger partial charge >= 0.3 is 5.97 Å². The van der Waals surface area contributed by atoms with Gasteiger partial charge in [-0.05, 0) is 31.1 Å². The molecule has 2 fully saturated rings. The summed E-state index contributed by atoms with van der Waals surface area (Å²) in [4.78, 5) is 10.7. The van der Waals surface area contributed by atoms with Gasteiger partial charge in [-0.25, -0.2) is 0 Å². The van der Waals surface area contributed by atoms with Gasteiger partial charge in [0.1, 0.15) is 0 Å². The highest BCUT2D eigenvalue weighted by Gasteiger charge is 2.48. The zero-order valence-corrected chi connectivity index (χ0v) is 6.36. The third-order valence-corrected chi connectivity index (χ3v) is 3.30. The lowest BCUT2D eigenvalue weighted by Gasteiger charge is -2.16. The van der Waals surface area contributed by atoms with Gasteiger partial charge in [0.25, 0.3) is 0 Å². The van der Waals surface area contributed by atoms with Crippen molar-refractivity contribution in [1.82, 2.24) is 0 Å². The summed E-state index contributed by atoms with van der Waals surface area (Å²) in [6.45, 7) is 0. The summed E-state index contributed by atoms with van der Waals surface area (Å²) in [5.74, 6) is -0.00463. The minimum Gasteiger partial charge on any atom is -0.481 e. The first kappa shape index (κ1) is 7.10. The molecule has 2 bridgehead atoms. The fourth-order valence-electron chi connectivity index (χ4n) is 2.67. The van der Waals surface area contributed by atoms with Crippen molar-refractivity contribution < 1.29 is 9.90 Å². The highest BCUT2D eigenvalue weighted by Crippen LogP contribution is 2.47. The third-order valence-electron chi connectivity index (χ3n) is 3.30. The van der Waals surface area contributed by atoms with E-state index in [1.807, 2.05) is 0 Å². The van der Waals surface area contributed by atoms with E-state index in [-0.39, 0.29) is 17.9 Å². The number of carbonyl (C=O) groups is 1. The minimum atomic E-state index is -0.646. The first-order valence-corrected chi connectivity index (χ1v) is 4.18. The van der Waals surface area contributed by atoms with Crippen LogP contribution in [0.1, 0.15) is 19.3 Å². The molecule has 4 atom stereocenters. The van der Waals surface area contributed by atoms with Crippen LogP contribution in [0.3, 0.4) is 0 Å². The number of nitrogens with two attached hydrogens (primary N) is 1. The largest absolute Gasteiger partial charge is 0.481 e. The molecule has 2 saturated carbocycles. The van der Waals surface area contributed by atoms with E-state index in [9.17, 15) is 4.79 Å². The number of fused-ring (bicyclic) bond motifs is 2. The highest BCUT2D eigenvalue weighted by molar-refractivity contribution is 5.71. The number of rotatable bonds is 1. The lowest BCUT2D eigenvalue weighted by molar-refractivity contribution is -0.143. The van der Waals surface area contributed by atoms with Gasteiger partial charge in [0.2, 0.25) is 0 Å². The molecule has 0 aromatic heterocycles. The summed E-state index contributed by atoms with van der Waals surface area (Å²) in [6.07, 6.45) is 3.00. The second-order valence-electron chi connectivity index (χ2n) is 3.76. The van der Waals surface area contributed by atoms with Crippen molar-refractivity contribution in [3.63, 3.8) is 0 Å². The molecule has 0 amide bonds. The van der Waals surface area contributed by atoms with E-state index in [4.69, 9.17) is 10.8 Å². The number of aliphatic carboxylic acids is 1. The minimum absolute atomic E-state index is 0.135. The molecule has 0 aliphatic heterocycles. The molecule has 2 aliphatic carbocycles. The topological polar surface area (TPSA) is 63.3 Å². The Balaban J connectivity index is 2.14. The van der Waals surface area contributed by atoms with E-state index in [0.29, 0.717) is 5.92 Å². The molecular formula is C8H13NO2. The maximum Gasteiger partial charge on any atom is 0.306 e. The number of carboxylic acids is 1. The van der Waals surface area contributed by atoms with Crippen LogP contribution in [0.15, 0.2) is 0 Å². The van der Waals surface area contributed by atoms with E-state index in [1.165, 1.54) is 0 Å². The second kappa shape index (κ2) is 2.21. The number of hydrogen-bond acceptors (Lipinski definition) is 2. The van der Waals surface area contributed by atoms with Gasteiger partial charge in [0, 0.05) is 6.04 Å². The molecular weight excluding hydrogens is 142 g/mol. The molecule has 0 heterocycles. The molecule has 11 heavy (non-hydrogen) atoms. The molecule has 0 aromatic rings. The Morgan fingerprint density at radius 3 is 2.45 bits per heavy atom. The molecule has 0 saturated heterocycles. The average molecular weight is 155 g/mol. The zero-order valence-electron chi connectivity index (χ0n) is 6.36. The van der Waals surface area contributed by atoms with Crippen LogP contribution < -0.4 is 5.73 Å². The predicted octanol–water partition coefficient (Wildman–Crippen LogP) is 0.444. The van der Waals surface area contributed by atoms with Gasteiger partial charge < -0.3 is 10.8 Å². The fraction of sp³-hybridized carbons (Fsp3) is 0.875. The van der Waals surface area contributed by atoms with Gasteiger partial charge in [-0.15, -0.1) is 0 Å². The monoisotopic (exact) mass is 155 g/mol. The van der Waals surface area contributed by atoms with Crippen molar-refractivity contribution in [2.45, 2.75) is 25.3 Å². The molecule has 3 heteroatoms. The number of carboxylic acid groups (broad SMARTS) is 1. The first-order chi connectivity index (χ1) is 5.20. The van der Waals surface area contributed by atoms with Gasteiger partial charge in [-0.1, -0.05) is 0 Å².